The van der Waals surface area contributed by atoms with Crippen molar-refractivity contribution < 1.29 is 19.1 Å². The largest absolute Gasteiger partial charge is 0.444 e. The highest BCUT2D eigenvalue weighted by atomic mass is 16.6. The first-order valence-electron chi connectivity index (χ1n) is 9.53. The summed E-state index contributed by atoms with van der Waals surface area (Å²) in [4.78, 5) is 37.6. The Labute approximate surface area is 165 Å². The second-order valence-corrected chi connectivity index (χ2v) is 7.97. The number of likely N-dealkylation sites (tertiary alicyclic amines) is 1. The first-order chi connectivity index (χ1) is 13.2. The Hall–Kier alpha value is -2.77. The Morgan fingerprint density at radius 1 is 1.25 bits per heavy atom. The molecule has 1 aliphatic rings. The van der Waals surface area contributed by atoms with Crippen LogP contribution in [0.1, 0.15) is 39.2 Å². The average molecular weight is 390 g/mol. The number of nitrogens with zero attached hydrogens (tertiary/aromatic N) is 1. The predicted octanol–water partition coefficient (Wildman–Crippen LogP) is 1.78. The van der Waals surface area contributed by atoms with Gasteiger partial charge in [-0.15, -0.1) is 0 Å². The van der Waals surface area contributed by atoms with Crippen molar-refractivity contribution in [2.24, 2.45) is 5.73 Å². The summed E-state index contributed by atoms with van der Waals surface area (Å²) < 4.78 is 5.33. The highest BCUT2D eigenvalue weighted by Crippen LogP contribution is 2.16. The molecule has 1 aliphatic heterocycles. The summed E-state index contributed by atoms with van der Waals surface area (Å²) >= 11 is 0. The number of nitrogens with one attached hydrogen (secondary N) is 2. The van der Waals surface area contributed by atoms with Crippen molar-refractivity contribution in [3.05, 3.63) is 35.9 Å². The number of nitrogens with two attached hydrogens (primary N) is 1. The van der Waals surface area contributed by atoms with Crippen LogP contribution in [0.15, 0.2) is 30.3 Å². The fraction of sp³-hybridized carbons (Fsp3) is 0.550. The van der Waals surface area contributed by atoms with Crippen molar-refractivity contribution in [1.82, 2.24) is 15.5 Å². The topological polar surface area (TPSA) is 114 Å². The molecule has 2 rings (SSSR count). The zero-order valence-corrected chi connectivity index (χ0v) is 16.7. The number of hydrogen-bond donors (Lipinski definition) is 3. The molecule has 0 saturated carbocycles. The van der Waals surface area contributed by atoms with Gasteiger partial charge < -0.3 is 26.0 Å². The van der Waals surface area contributed by atoms with Crippen molar-refractivity contribution in [1.29, 1.82) is 0 Å². The quantitative estimate of drug-likeness (QED) is 0.687. The number of amides is 4. The third-order valence-corrected chi connectivity index (χ3v) is 4.39. The number of rotatable bonds is 6. The molecule has 28 heavy (non-hydrogen) atoms. The highest BCUT2D eigenvalue weighted by molar-refractivity contribution is 5.86. The molecule has 8 nitrogen and oxygen atoms in total. The van der Waals surface area contributed by atoms with Gasteiger partial charge in [0.25, 0.3) is 0 Å². The summed E-state index contributed by atoms with van der Waals surface area (Å²) in [5.41, 5.74) is 5.78. The van der Waals surface area contributed by atoms with E-state index < -0.39 is 23.6 Å². The Morgan fingerprint density at radius 2 is 1.93 bits per heavy atom. The zero-order chi connectivity index (χ0) is 20.7. The lowest BCUT2D eigenvalue weighted by Gasteiger charge is -2.26. The van der Waals surface area contributed by atoms with Crippen LogP contribution in [-0.4, -0.2) is 53.7 Å². The molecular formula is C20H30N4O4. The van der Waals surface area contributed by atoms with Gasteiger partial charge in [0, 0.05) is 13.1 Å². The van der Waals surface area contributed by atoms with Crippen LogP contribution in [-0.2, 0) is 16.0 Å². The first-order valence-corrected chi connectivity index (χ1v) is 9.53. The summed E-state index contributed by atoms with van der Waals surface area (Å²) in [5, 5.41) is 5.62. The van der Waals surface area contributed by atoms with Gasteiger partial charge in [-0.25, -0.2) is 9.59 Å². The summed E-state index contributed by atoms with van der Waals surface area (Å²) in [5.74, 6) is -0.500. The molecule has 0 spiro atoms. The molecule has 0 aliphatic carbocycles. The molecular weight excluding hydrogens is 360 g/mol. The van der Waals surface area contributed by atoms with Gasteiger partial charge in [-0.1, -0.05) is 30.3 Å². The number of carbonyl (C=O) groups excluding carboxylic acids is 3. The van der Waals surface area contributed by atoms with Gasteiger partial charge in [-0.2, -0.15) is 0 Å². The lowest BCUT2D eigenvalue weighted by Crippen LogP contribution is -2.52. The van der Waals surface area contributed by atoms with Gasteiger partial charge in [-0.3, -0.25) is 4.79 Å². The smallest absolute Gasteiger partial charge is 0.407 e. The maximum atomic E-state index is 12.5. The van der Waals surface area contributed by atoms with Gasteiger partial charge in [0.05, 0.1) is 6.04 Å². The molecule has 0 aromatic heterocycles. The van der Waals surface area contributed by atoms with Crippen molar-refractivity contribution >= 4 is 18.0 Å². The Kier molecular flexibility index (Phi) is 7.25. The van der Waals surface area contributed by atoms with Crippen LogP contribution in [0.2, 0.25) is 0 Å². The highest BCUT2D eigenvalue weighted by Gasteiger charge is 2.33. The first kappa shape index (κ1) is 21.5. The van der Waals surface area contributed by atoms with Gasteiger partial charge in [-0.05, 0) is 45.6 Å². The number of primary amides is 1. The van der Waals surface area contributed by atoms with Crippen LogP contribution in [0.3, 0.4) is 0 Å². The number of ether oxygens (including phenoxy) is 1. The Morgan fingerprint density at radius 3 is 2.54 bits per heavy atom. The van der Waals surface area contributed by atoms with Crippen molar-refractivity contribution in [3.63, 3.8) is 0 Å². The molecule has 0 radical (unpaired) electrons. The number of benzene rings is 1. The van der Waals surface area contributed by atoms with E-state index in [4.69, 9.17) is 10.5 Å². The Balaban J connectivity index is 1.99. The van der Waals surface area contributed by atoms with Crippen LogP contribution in [0, 0.1) is 0 Å². The van der Waals surface area contributed by atoms with Gasteiger partial charge in [0.15, 0.2) is 0 Å². The van der Waals surface area contributed by atoms with Crippen molar-refractivity contribution in [2.75, 3.05) is 13.1 Å². The second-order valence-electron chi connectivity index (χ2n) is 7.97. The van der Waals surface area contributed by atoms with Crippen molar-refractivity contribution in [2.45, 2.75) is 57.7 Å². The van der Waals surface area contributed by atoms with Crippen LogP contribution in [0.4, 0.5) is 9.59 Å². The lowest BCUT2D eigenvalue weighted by molar-refractivity contribution is -0.121. The van der Waals surface area contributed by atoms with Gasteiger partial charge in [0.1, 0.15) is 11.6 Å². The second kappa shape index (κ2) is 9.43. The fourth-order valence-electron chi connectivity index (χ4n) is 3.16. The zero-order valence-electron chi connectivity index (χ0n) is 16.7. The summed E-state index contributed by atoms with van der Waals surface area (Å²) in [6.45, 7) is 6.06. The molecule has 1 aromatic rings. The molecule has 154 valence electrons. The molecule has 4 N–H and O–H groups in total. The predicted molar refractivity (Wildman–Crippen MR) is 106 cm³/mol. The number of carbonyl (C=O) groups is 3. The van der Waals surface area contributed by atoms with Crippen LogP contribution in [0.25, 0.3) is 0 Å². The minimum Gasteiger partial charge on any atom is -0.444 e. The molecule has 1 heterocycles. The third-order valence-electron chi connectivity index (χ3n) is 4.39. The van der Waals surface area contributed by atoms with Crippen molar-refractivity contribution in [3.8, 4) is 0 Å². The Bertz CT molecular complexity index is 687. The van der Waals surface area contributed by atoms with Gasteiger partial charge in [0.2, 0.25) is 5.91 Å². The van der Waals surface area contributed by atoms with Crippen LogP contribution >= 0.6 is 0 Å². The van der Waals surface area contributed by atoms with Gasteiger partial charge >= 0.3 is 12.1 Å². The SMILES string of the molecule is CC(C)(C)OC(=O)NC(CNC(=O)N1CCCC1C(N)=O)Cc1ccccc1. The third kappa shape index (κ3) is 6.75. The number of hydrogen-bond acceptors (Lipinski definition) is 4. The maximum Gasteiger partial charge on any atom is 0.407 e. The molecule has 1 aromatic carbocycles. The number of urea groups is 1. The van der Waals surface area contributed by atoms with E-state index in [0.29, 0.717) is 19.4 Å². The molecule has 0 bridgehead atoms. The van der Waals surface area contributed by atoms with E-state index >= 15 is 0 Å². The van der Waals surface area contributed by atoms with Crippen LogP contribution < -0.4 is 16.4 Å². The molecule has 8 heteroatoms. The molecule has 2 unspecified atom stereocenters. The van der Waals surface area contributed by atoms with E-state index in [0.717, 1.165) is 12.0 Å². The minimum atomic E-state index is -0.616. The minimum absolute atomic E-state index is 0.203. The normalized spacial score (nSPS) is 17.7. The molecule has 4 amide bonds. The summed E-state index contributed by atoms with van der Waals surface area (Å²) in [7, 11) is 0. The summed E-state index contributed by atoms with van der Waals surface area (Å²) in [6, 6.07) is 8.36. The van der Waals surface area contributed by atoms with E-state index in [1.54, 1.807) is 20.8 Å². The van der Waals surface area contributed by atoms with E-state index in [2.05, 4.69) is 10.6 Å². The van der Waals surface area contributed by atoms with E-state index in [1.165, 1.54) is 4.90 Å². The molecule has 1 saturated heterocycles. The monoisotopic (exact) mass is 390 g/mol. The number of alkyl carbamates (subject to hydrolysis) is 1. The lowest BCUT2D eigenvalue weighted by atomic mass is 10.1. The molecule has 1 fully saturated rings. The van der Waals surface area contributed by atoms with E-state index in [-0.39, 0.29) is 18.6 Å². The average Bonchev–Trinajstić information content (AvgIpc) is 3.08. The molecule has 2 atom stereocenters. The van der Waals surface area contributed by atoms with E-state index in [1.807, 2.05) is 30.3 Å². The van der Waals surface area contributed by atoms with E-state index in [9.17, 15) is 14.4 Å². The summed E-state index contributed by atoms with van der Waals surface area (Å²) in [6.07, 6.45) is 1.30. The maximum absolute atomic E-state index is 12.5. The standard InChI is InChI=1S/C20H30N4O4/c1-20(2,3)28-19(27)23-15(12-14-8-5-4-6-9-14)13-22-18(26)24-11-7-10-16(24)17(21)25/h4-6,8-9,15-16H,7,10-13H2,1-3H3,(H2,21,25)(H,22,26)(H,23,27). The fourth-order valence-corrected chi connectivity index (χ4v) is 3.16. The van der Waals surface area contributed by atoms with Crippen LogP contribution in [0.5, 0.6) is 0 Å².